The first-order chi connectivity index (χ1) is 20.8. The maximum absolute atomic E-state index is 13.0. The molecule has 0 saturated heterocycles. The Morgan fingerprint density at radius 1 is 0.953 bits per heavy atom. The molecule has 5 aromatic rings. The quantitative estimate of drug-likeness (QED) is 0.0570. The van der Waals surface area contributed by atoms with Crippen LogP contribution in [0.2, 0.25) is 5.02 Å². The highest BCUT2D eigenvalue weighted by molar-refractivity contribution is 9.10. The van der Waals surface area contributed by atoms with Crippen molar-refractivity contribution in [2.75, 3.05) is 5.32 Å². The van der Waals surface area contributed by atoms with E-state index in [1.807, 2.05) is 55.5 Å². The van der Waals surface area contributed by atoms with E-state index in [4.69, 9.17) is 16.3 Å². The van der Waals surface area contributed by atoms with Crippen LogP contribution >= 0.6 is 38.9 Å². The molecule has 0 atom stereocenters. The minimum absolute atomic E-state index is 0.248. The number of fused-ring (bicyclic) bond motifs is 1. The Bertz CT molecular complexity index is 1890. The topological polar surface area (TPSA) is 96.9 Å². The Balaban J connectivity index is 1.21. The molecule has 2 amide bonds. The summed E-state index contributed by atoms with van der Waals surface area (Å²) in [6, 6.07) is 26.7. The van der Waals surface area contributed by atoms with Gasteiger partial charge in [0.1, 0.15) is 10.6 Å². The number of hydrazone groups is 1. The lowest BCUT2D eigenvalue weighted by Gasteiger charge is -2.08. The second-order valence-corrected chi connectivity index (χ2v) is 11.7. The molecule has 0 aliphatic carbocycles. The number of halogens is 2. The number of nitrogens with one attached hydrogen (secondary N) is 2. The zero-order valence-electron chi connectivity index (χ0n) is 22.6. The number of ether oxygens (including phenoxy) is 1. The molecule has 214 valence electrons. The highest BCUT2D eigenvalue weighted by Crippen LogP contribution is 2.36. The molecular formula is C33H23BrClN3O4S. The number of thiophene rings is 1. The monoisotopic (exact) mass is 671 g/mol. The van der Waals surface area contributed by atoms with E-state index in [0.29, 0.717) is 26.7 Å². The molecule has 0 aliphatic rings. The minimum atomic E-state index is -0.590. The normalized spacial score (nSPS) is 11.2. The number of hydrogen-bond donors (Lipinski definition) is 2. The average Bonchev–Trinajstić information content (AvgIpc) is 3.33. The SMILES string of the molecule is Cc1ccc2c(Cl)c(C(=O)Oc3ccc(Br)cc3/C=N\NC(=O)c3ccc(NC(=O)/C=C/c4ccccc4)cc3)sc2c1. The van der Waals surface area contributed by atoms with Gasteiger partial charge in [-0.1, -0.05) is 70.0 Å². The van der Waals surface area contributed by atoms with Crippen molar-refractivity contribution in [3.8, 4) is 5.75 Å². The molecule has 5 rings (SSSR count). The fraction of sp³-hybridized carbons (Fsp3) is 0.0303. The number of amides is 2. The fourth-order valence-electron chi connectivity index (χ4n) is 4.01. The van der Waals surface area contributed by atoms with Gasteiger partial charge in [0.2, 0.25) is 5.91 Å². The van der Waals surface area contributed by atoms with Crippen molar-refractivity contribution >= 4 is 84.7 Å². The molecule has 0 saturated carbocycles. The molecule has 0 fully saturated rings. The van der Waals surface area contributed by atoms with Gasteiger partial charge in [-0.3, -0.25) is 9.59 Å². The number of carbonyl (C=O) groups excluding carboxylic acids is 3. The Morgan fingerprint density at radius 2 is 1.72 bits per heavy atom. The van der Waals surface area contributed by atoms with Gasteiger partial charge in [0, 0.05) is 37.4 Å². The van der Waals surface area contributed by atoms with Crippen LogP contribution in [0, 0.1) is 6.92 Å². The number of hydrogen-bond acceptors (Lipinski definition) is 6. The third-order valence-corrected chi connectivity index (χ3v) is 8.29. The largest absolute Gasteiger partial charge is 0.422 e. The molecule has 1 heterocycles. The molecular weight excluding hydrogens is 650 g/mol. The van der Waals surface area contributed by atoms with Crippen LogP contribution in [0.1, 0.15) is 36.7 Å². The first-order valence-corrected chi connectivity index (χ1v) is 14.9. The Labute approximate surface area is 265 Å². The molecule has 0 radical (unpaired) electrons. The molecule has 43 heavy (non-hydrogen) atoms. The Kier molecular flexibility index (Phi) is 9.46. The highest BCUT2D eigenvalue weighted by atomic mass is 79.9. The van der Waals surface area contributed by atoms with Gasteiger partial charge in [-0.25, -0.2) is 10.2 Å². The number of nitrogens with zero attached hydrogens (tertiary/aromatic N) is 1. The summed E-state index contributed by atoms with van der Waals surface area (Å²) in [6.45, 7) is 1.97. The van der Waals surface area contributed by atoms with E-state index >= 15 is 0 Å². The van der Waals surface area contributed by atoms with Crippen LogP contribution in [0.5, 0.6) is 5.75 Å². The number of anilines is 1. The number of carbonyl (C=O) groups is 3. The van der Waals surface area contributed by atoms with E-state index in [9.17, 15) is 14.4 Å². The van der Waals surface area contributed by atoms with Crippen molar-refractivity contribution in [2.24, 2.45) is 5.10 Å². The van der Waals surface area contributed by atoms with Gasteiger partial charge >= 0.3 is 5.97 Å². The molecule has 0 bridgehead atoms. The maximum Gasteiger partial charge on any atom is 0.355 e. The van der Waals surface area contributed by atoms with E-state index in [1.165, 1.54) is 23.6 Å². The van der Waals surface area contributed by atoms with Crippen molar-refractivity contribution in [3.63, 3.8) is 0 Å². The average molecular weight is 673 g/mol. The maximum atomic E-state index is 13.0. The molecule has 0 unspecified atom stereocenters. The lowest BCUT2D eigenvalue weighted by Crippen LogP contribution is -2.18. The smallest absolute Gasteiger partial charge is 0.355 e. The number of esters is 1. The molecule has 0 spiro atoms. The molecule has 4 aromatic carbocycles. The number of aryl methyl sites for hydroxylation is 1. The van der Waals surface area contributed by atoms with Gasteiger partial charge in [-0.15, -0.1) is 11.3 Å². The highest BCUT2D eigenvalue weighted by Gasteiger charge is 2.20. The van der Waals surface area contributed by atoms with Crippen molar-refractivity contribution in [3.05, 3.63) is 134 Å². The molecule has 0 aliphatic heterocycles. The standard InChI is InChI=1S/C33H23BrClN3O4S/c1-20-7-14-26-28(17-20)43-31(30(26)35)33(41)42-27-15-11-24(34)18-23(27)19-36-38-32(40)22-9-12-25(13-10-22)37-29(39)16-8-21-5-3-2-4-6-21/h2-19H,1H3,(H,37,39)(H,38,40)/b16-8+,36-19-. The summed E-state index contributed by atoms with van der Waals surface area (Å²) in [5.41, 5.74) is 5.78. The van der Waals surface area contributed by atoms with Crippen LogP contribution in [0.3, 0.4) is 0 Å². The lowest BCUT2D eigenvalue weighted by atomic mass is 10.2. The van der Waals surface area contributed by atoms with Crippen LogP contribution in [0.25, 0.3) is 16.2 Å². The van der Waals surface area contributed by atoms with Crippen LogP contribution in [-0.4, -0.2) is 24.0 Å². The second-order valence-electron chi connectivity index (χ2n) is 9.33. The Morgan fingerprint density at radius 3 is 2.49 bits per heavy atom. The number of rotatable bonds is 8. The van der Waals surface area contributed by atoms with Crippen LogP contribution in [0.15, 0.2) is 107 Å². The molecule has 10 heteroatoms. The van der Waals surface area contributed by atoms with Crippen LogP contribution < -0.4 is 15.5 Å². The third-order valence-electron chi connectivity index (χ3n) is 6.16. The summed E-state index contributed by atoms with van der Waals surface area (Å²) in [4.78, 5) is 38.2. The third kappa shape index (κ3) is 7.64. The molecule has 1 aromatic heterocycles. The van der Waals surface area contributed by atoms with E-state index < -0.39 is 11.9 Å². The van der Waals surface area contributed by atoms with Crippen molar-refractivity contribution in [2.45, 2.75) is 6.92 Å². The summed E-state index contributed by atoms with van der Waals surface area (Å²) in [5.74, 6) is -1.09. The number of benzene rings is 4. The van der Waals surface area contributed by atoms with E-state index in [2.05, 4.69) is 31.8 Å². The van der Waals surface area contributed by atoms with Gasteiger partial charge in [-0.2, -0.15) is 5.10 Å². The predicted octanol–water partition coefficient (Wildman–Crippen LogP) is 8.26. The minimum Gasteiger partial charge on any atom is -0.422 e. The Hall–Kier alpha value is -4.57. The van der Waals surface area contributed by atoms with Gasteiger partial charge < -0.3 is 10.1 Å². The zero-order valence-corrected chi connectivity index (χ0v) is 25.8. The second kappa shape index (κ2) is 13.6. The predicted molar refractivity (Wildman–Crippen MR) is 176 cm³/mol. The van der Waals surface area contributed by atoms with Gasteiger partial charge in [0.25, 0.3) is 5.91 Å². The summed E-state index contributed by atoms with van der Waals surface area (Å²) in [7, 11) is 0. The van der Waals surface area contributed by atoms with Crippen LogP contribution in [-0.2, 0) is 4.79 Å². The van der Waals surface area contributed by atoms with E-state index in [-0.39, 0.29) is 11.7 Å². The van der Waals surface area contributed by atoms with Gasteiger partial charge in [0.05, 0.1) is 11.2 Å². The van der Waals surface area contributed by atoms with Crippen molar-refractivity contribution in [1.29, 1.82) is 0 Å². The summed E-state index contributed by atoms with van der Waals surface area (Å²) >= 11 is 11.2. The summed E-state index contributed by atoms with van der Waals surface area (Å²) < 4.78 is 7.30. The van der Waals surface area contributed by atoms with Crippen molar-refractivity contribution < 1.29 is 19.1 Å². The van der Waals surface area contributed by atoms with E-state index in [0.717, 1.165) is 25.7 Å². The molecule has 7 nitrogen and oxygen atoms in total. The fourth-order valence-corrected chi connectivity index (χ4v) is 5.87. The van der Waals surface area contributed by atoms with Crippen LogP contribution in [0.4, 0.5) is 5.69 Å². The molecule has 2 N–H and O–H groups in total. The first kappa shape index (κ1) is 29.9. The van der Waals surface area contributed by atoms with Crippen molar-refractivity contribution in [1.82, 2.24) is 5.43 Å². The first-order valence-electron chi connectivity index (χ1n) is 12.9. The van der Waals surface area contributed by atoms with Gasteiger partial charge in [-0.05, 0) is 72.7 Å². The summed E-state index contributed by atoms with van der Waals surface area (Å²) in [6.07, 6.45) is 4.54. The lowest BCUT2D eigenvalue weighted by molar-refractivity contribution is -0.111. The zero-order chi connectivity index (χ0) is 30.3. The van der Waals surface area contributed by atoms with Gasteiger partial charge in [0.15, 0.2) is 0 Å². The summed E-state index contributed by atoms with van der Waals surface area (Å²) in [5, 5.41) is 7.94. The van der Waals surface area contributed by atoms with E-state index in [1.54, 1.807) is 48.5 Å².